The molecule has 1 fully saturated rings. The highest BCUT2D eigenvalue weighted by Gasteiger charge is 2.52. The third-order valence-corrected chi connectivity index (χ3v) is 6.79. The molecule has 2 atom stereocenters. The van der Waals surface area contributed by atoms with E-state index in [9.17, 15) is 27.2 Å². The number of carbonyl (C=O) groups excluding carboxylic acids is 2. The van der Waals surface area contributed by atoms with E-state index in [2.05, 4.69) is 20.7 Å². The zero-order valence-corrected chi connectivity index (χ0v) is 21.6. The van der Waals surface area contributed by atoms with E-state index in [1.165, 1.54) is 24.5 Å². The molecule has 0 bridgehead atoms. The van der Waals surface area contributed by atoms with Crippen LogP contribution in [0.3, 0.4) is 0 Å². The average Bonchev–Trinajstić information content (AvgIpc) is 3.27. The number of nitrogens with zero attached hydrogens (tertiary/aromatic N) is 3. The van der Waals surface area contributed by atoms with Crippen molar-refractivity contribution < 1.29 is 40.9 Å². The molecule has 3 aliphatic heterocycles. The van der Waals surface area contributed by atoms with Crippen LogP contribution in [0.2, 0.25) is 0 Å². The number of hydrogen-bond acceptors (Lipinski definition) is 7. The van der Waals surface area contributed by atoms with Crippen molar-refractivity contribution in [2.45, 2.75) is 12.3 Å². The first kappa shape index (κ1) is 28.8. The van der Waals surface area contributed by atoms with Crippen molar-refractivity contribution in [2.75, 3.05) is 36.9 Å². The van der Waals surface area contributed by atoms with E-state index in [1.807, 2.05) is 5.32 Å². The van der Waals surface area contributed by atoms with Crippen LogP contribution in [0.15, 0.2) is 64.0 Å². The predicted molar refractivity (Wildman–Crippen MR) is 142 cm³/mol. The summed E-state index contributed by atoms with van der Waals surface area (Å²) in [5.74, 6) is -2.85. The van der Waals surface area contributed by atoms with Crippen LogP contribution >= 0.6 is 0 Å². The van der Waals surface area contributed by atoms with Gasteiger partial charge in [0.1, 0.15) is 24.3 Å². The molecule has 16 heteroatoms. The Morgan fingerprint density at radius 1 is 1.10 bits per heavy atom. The molecule has 5 rings (SSSR count). The maximum Gasteiger partial charge on any atom is 0.416 e. The molecule has 2 aromatic carbocycles. The van der Waals surface area contributed by atoms with Gasteiger partial charge in [0.15, 0.2) is 12.2 Å². The Labute approximate surface area is 235 Å². The first-order chi connectivity index (χ1) is 19.9. The summed E-state index contributed by atoms with van der Waals surface area (Å²) in [4.78, 5) is 29.0. The number of carbonyl (C=O) groups is 2. The molecule has 0 saturated carbocycles. The van der Waals surface area contributed by atoms with Crippen LogP contribution in [-0.2, 0) is 15.7 Å². The number of nitrogens with two attached hydrogens (primary N) is 2. The number of amidine groups is 1. The number of benzene rings is 2. The Balaban J connectivity index is 1.43. The number of aliphatic imine (C=N–C) groups is 1. The number of primary amides is 1. The van der Waals surface area contributed by atoms with Gasteiger partial charge in [-0.2, -0.15) is 13.2 Å². The third kappa shape index (κ3) is 5.46. The number of ether oxygens (including phenoxy) is 1. The molecule has 0 radical (unpaired) electrons. The van der Waals surface area contributed by atoms with Gasteiger partial charge < -0.3 is 32.2 Å². The van der Waals surface area contributed by atoms with Crippen molar-refractivity contribution in [3.8, 4) is 0 Å². The van der Waals surface area contributed by atoms with Crippen molar-refractivity contribution >= 4 is 41.1 Å². The van der Waals surface area contributed by atoms with E-state index >= 15 is 4.39 Å². The van der Waals surface area contributed by atoms with Crippen molar-refractivity contribution in [1.82, 2.24) is 5.32 Å². The van der Waals surface area contributed by atoms with Gasteiger partial charge in [-0.15, -0.1) is 4.59 Å². The molecule has 2 unspecified atom stereocenters. The number of nitrogens with one attached hydrogen (secondary N) is 3. The van der Waals surface area contributed by atoms with Crippen LogP contribution in [0.4, 0.5) is 38.1 Å². The standard InChI is InChI=1S/C26H23F5N8O3/c27-17-3-2-14(26(29,30)31)8-20(17)38-25(41)37-19-4-1-13(7-18(19)28)16-9-21(24(33)40)39(11-15-10-34-5-6-42-15)22(16)23(32)35-12-36-39/h1-4,7-9,12,15,34H,5-6,10-11H2,(H5-,32,33,35,36,37,38,40,41)/p+1. The fourth-order valence-electron chi connectivity index (χ4n) is 4.92. The van der Waals surface area contributed by atoms with E-state index in [0.29, 0.717) is 43.5 Å². The van der Waals surface area contributed by atoms with Crippen molar-refractivity contribution in [1.29, 1.82) is 0 Å². The van der Waals surface area contributed by atoms with Gasteiger partial charge in [0.2, 0.25) is 11.4 Å². The second kappa shape index (κ2) is 11.0. The predicted octanol–water partition coefficient (Wildman–Crippen LogP) is 2.84. The first-order valence-corrected chi connectivity index (χ1v) is 12.5. The lowest BCUT2D eigenvalue weighted by Crippen LogP contribution is -2.55. The Kier molecular flexibility index (Phi) is 7.53. The van der Waals surface area contributed by atoms with E-state index in [-0.39, 0.29) is 41.1 Å². The molecule has 3 amide bonds. The topological polar surface area (TPSA) is 156 Å². The Hall–Kier alpha value is -4.67. The average molecular weight is 592 g/mol. The molecule has 1 saturated heterocycles. The van der Waals surface area contributed by atoms with Gasteiger partial charge >= 0.3 is 18.1 Å². The maximum absolute atomic E-state index is 15.2. The molecule has 0 aromatic heterocycles. The zero-order valence-electron chi connectivity index (χ0n) is 21.6. The number of hydrogen-bond donors (Lipinski definition) is 5. The van der Waals surface area contributed by atoms with Gasteiger partial charge in [-0.3, -0.25) is 4.79 Å². The zero-order chi connectivity index (χ0) is 30.2. The van der Waals surface area contributed by atoms with Crippen LogP contribution in [0, 0.1) is 11.6 Å². The number of quaternary nitrogens is 1. The molecular formula is C26H24F5N8O3+. The smallest absolute Gasteiger partial charge is 0.379 e. The second-order valence-corrected chi connectivity index (χ2v) is 9.52. The fraction of sp³-hybridized carbons (Fsp3) is 0.231. The number of allylic oxidation sites excluding steroid dienone is 2. The minimum absolute atomic E-state index is 0.0152. The molecule has 3 heterocycles. The summed E-state index contributed by atoms with van der Waals surface area (Å²) in [6, 6.07) is 3.94. The number of rotatable bonds is 6. The summed E-state index contributed by atoms with van der Waals surface area (Å²) in [6.45, 7) is 1.71. The number of amides is 3. The number of anilines is 2. The molecule has 2 aromatic rings. The largest absolute Gasteiger partial charge is 0.416 e. The lowest BCUT2D eigenvalue weighted by molar-refractivity contribution is -0.852. The van der Waals surface area contributed by atoms with E-state index in [1.54, 1.807) is 0 Å². The minimum Gasteiger partial charge on any atom is -0.379 e. The lowest BCUT2D eigenvalue weighted by Gasteiger charge is -2.35. The molecule has 42 heavy (non-hydrogen) atoms. The maximum atomic E-state index is 15.2. The number of urea groups is 1. The summed E-state index contributed by atoms with van der Waals surface area (Å²) < 4.78 is 73.5. The lowest BCUT2D eigenvalue weighted by atomic mass is 10.0. The van der Waals surface area contributed by atoms with Gasteiger partial charge in [0.05, 0.1) is 29.1 Å². The van der Waals surface area contributed by atoms with E-state index < -0.39 is 45.6 Å². The number of halogens is 5. The van der Waals surface area contributed by atoms with Gasteiger partial charge in [-0.25, -0.2) is 18.6 Å². The second-order valence-electron chi connectivity index (χ2n) is 9.52. The molecule has 7 N–H and O–H groups in total. The van der Waals surface area contributed by atoms with Gasteiger partial charge in [-0.05, 0) is 35.9 Å². The quantitative estimate of drug-likeness (QED) is 0.258. The molecule has 0 aliphatic carbocycles. The summed E-state index contributed by atoms with van der Waals surface area (Å²) >= 11 is 0. The molecular weight excluding hydrogens is 567 g/mol. The summed E-state index contributed by atoms with van der Waals surface area (Å²) in [7, 11) is 0. The van der Waals surface area contributed by atoms with Crippen LogP contribution in [0.1, 0.15) is 11.1 Å². The number of fused-ring (bicyclic) bond motifs is 1. The summed E-state index contributed by atoms with van der Waals surface area (Å²) in [6.07, 6.45) is -2.50. The normalized spacial score (nSPS) is 21.9. The van der Waals surface area contributed by atoms with Crippen LogP contribution in [0.25, 0.3) is 5.57 Å². The third-order valence-electron chi connectivity index (χ3n) is 6.79. The van der Waals surface area contributed by atoms with Crippen LogP contribution < -0.4 is 27.4 Å². The highest BCUT2D eigenvalue weighted by atomic mass is 19.4. The minimum atomic E-state index is -4.77. The number of morpholine rings is 1. The SMILES string of the molecule is NC(=O)C1=CC(c2ccc(NC(=O)Nc3cc(C(F)(F)F)ccc3F)c(F)c2)=C2C(N)=NC=N[N+]12CC1CNCCO1. The molecule has 220 valence electrons. The first-order valence-electron chi connectivity index (χ1n) is 12.5. The van der Waals surface area contributed by atoms with E-state index in [0.717, 1.165) is 6.07 Å². The molecule has 3 aliphatic rings. The highest BCUT2D eigenvalue weighted by molar-refractivity contribution is 6.11. The number of alkyl halides is 3. The van der Waals surface area contributed by atoms with Gasteiger partial charge in [0.25, 0.3) is 0 Å². The van der Waals surface area contributed by atoms with Crippen molar-refractivity contribution in [2.24, 2.45) is 21.6 Å². The Morgan fingerprint density at radius 2 is 1.86 bits per heavy atom. The van der Waals surface area contributed by atoms with E-state index in [4.69, 9.17) is 16.2 Å². The van der Waals surface area contributed by atoms with Gasteiger partial charge in [0, 0.05) is 19.2 Å². The fourth-order valence-corrected chi connectivity index (χ4v) is 4.92. The molecule has 0 spiro atoms. The summed E-state index contributed by atoms with van der Waals surface area (Å²) in [5.41, 5.74) is 10.5. The Morgan fingerprint density at radius 3 is 2.52 bits per heavy atom. The van der Waals surface area contributed by atoms with Crippen molar-refractivity contribution in [3.63, 3.8) is 0 Å². The van der Waals surface area contributed by atoms with Crippen LogP contribution in [-0.4, -0.2) is 61.0 Å². The Bertz CT molecular complexity index is 1580. The highest BCUT2D eigenvalue weighted by Crippen LogP contribution is 2.43. The molecule has 11 nitrogen and oxygen atoms in total. The van der Waals surface area contributed by atoms with Crippen molar-refractivity contribution in [3.05, 3.63) is 76.6 Å². The van der Waals surface area contributed by atoms with Crippen LogP contribution in [0.5, 0.6) is 0 Å². The summed E-state index contributed by atoms with van der Waals surface area (Å²) in [5, 5.41) is 11.7. The van der Waals surface area contributed by atoms with Gasteiger partial charge in [-0.1, -0.05) is 11.2 Å². The monoisotopic (exact) mass is 591 g/mol.